The molecule has 1 amide bonds. The number of ether oxygens (including phenoxy) is 3. The van der Waals surface area contributed by atoms with Crippen molar-refractivity contribution in [2.75, 3.05) is 25.7 Å². The SMILES string of the molecule is COc1cc(/C=C/C(=O)OCC(=O)N(c2ccccc2)C(C)C)cc(Cl)c1OC. The van der Waals surface area contributed by atoms with Gasteiger partial charge in [0.2, 0.25) is 0 Å². The molecule has 0 spiro atoms. The molecule has 2 aromatic carbocycles. The molecule has 0 unspecified atom stereocenters. The third kappa shape index (κ3) is 5.99. The van der Waals surface area contributed by atoms with Crippen LogP contribution in [-0.2, 0) is 14.3 Å². The number of rotatable bonds is 8. The van der Waals surface area contributed by atoms with Gasteiger partial charge in [-0.3, -0.25) is 4.79 Å². The molecule has 0 saturated carbocycles. The molecule has 0 N–H and O–H groups in total. The standard InChI is InChI=1S/C22H24ClNO5/c1-15(2)24(17-8-6-5-7-9-17)20(25)14-29-21(26)11-10-16-12-18(23)22(28-4)19(13-16)27-3/h5-13,15H,14H2,1-4H3/b11-10+. The highest BCUT2D eigenvalue weighted by molar-refractivity contribution is 6.32. The van der Waals surface area contributed by atoms with Crippen LogP contribution in [0.1, 0.15) is 19.4 Å². The van der Waals surface area contributed by atoms with Crippen molar-refractivity contribution in [3.05, 3.63) is 59.1 Å². The first-order chi connectivity index (χ1) is 13.9. The lowest BCUT2D eigenvalue weighted by molar-refractivity contribution is -0.143. The second kappa shape index (κ2) is 10.5. The molecule has 0 aliphatic heterocycles. The molecule has 0 aliphatic rings. The van der Waals surface area contributed by atoms with Gasteiger partial charge in [-0.05, 0) is 49.8 Å². The van der Waals surface area contributed by atoms with E-state index in [0.717, 1.165) is 5.69 Å². The summed E-state index contributed by atoms with van der Waals surface area (Å²) in [7, 11) is 2.98. The molecule has 0 radical (unpaired) electrons. The summed E-state index contributed by atoms with van der Waals surface area (Å²) in [6.07, 6.45) is 2.76. The van der Waals surface area contributed by atoms with Crippen LogP contribution in [0.15, 0.2) is 48.5 Å². The number of amides is 1. The number of hydrogen-bond acceptors (Lipinski definition) is 5. The number of esters is 1. The van der Waals surface area contributed by atoms with E-state index < -0.39 is 5.97 Å². The third-order valence-corrected chi connectivity index (χ3v) is 4.31. The van der Waals surface area contributed by atoms with E-state index in [4.69, 9.17) is 25.8 Å². The number of hydrogen-bond donors (Lipinski definition) is 0. The summed E-state index contributed by atoms with van der Waals surface area (Å²) in [6, 6.07) is 12.5. The van der Waals surface area contributed by atoms with Crippen molar-refractivity contribution in [1.82, 2.24) is 0 Å². The number of para-hydroxylation sites is 1. The monoisotopic (exact) mass is 417 g/mol. The minimum Gasteiger partial charge on any atom is -0.493 e. The van der Waals surface area contributed by atoms with Gasteiger partial charge in [0.15, 0.2) is 18.1 Å². The quantitative estimate of drug-likeness (QED) is 0.471. The Morgan fingerprint density at radius 3 is 2.38 bits per heavy atom. The van der Waals surface area contributed by atoms with Crippen LogP contribution in [0.2, 0.25) is 5.02 Å². The largest absolute Gasteiger partial charge is 0.493 e. The summed E-state index contributed by atoms with van der Waals surface area (Å²) in [5.74, 6) is -0.0871. The first kappa shape index (κ1) is 22.3. The molecule has 0 heterocycles. The molecule has 7 heteroatoms. The number of methoxy groups -OCH3 is 2. The summed E-state index contributed by atoms with van der Waals surface area (Å²) in [5.41, 5.74) is 1.38. The van der Waals surface area contributed by atoms with E-state index in [-0.39, 0.29) is 18.6 Å². The Bertz CT molecular complexity index is 880. The fraction of sp³-hybridized carbons (Fsp3) is 0.273. The average molecular weight is 418 g/mol. The Hall–Kier alpha value is -2.99. The zero-order valence-electron chi connectivity index (χ0n) is 16.8. The lowest BCUT2D eigenvalue weighted by Crippen LogP contribution is -2.39. The summed E-state index contributed by atoms with van der Waals surface area (Å²) in [6.45, 7) is 3.43. The van der Waals surface area contributed by atoms with Gasteiger partial charge >= 0.3 is 5.97 Å². The average Bonchev–Trinajstić information content (AvgIpc) is 2.70. The maximum atomic E-state index is 12.5. The van der Waals surface area contributed by atoms with Crippen LogP contribution in [0.5, 0.6) is 11.5 Å². The van der Waals surface area contributed by atoms with E-state index in [2.05, 4.69) is 0 Å². The molecule has 0 aromatic heterocycles. The van der Waals surface area contributed by atoms with Gasteiger partial charge in [0, 0.05) is 17.8 Å². The smallest absolute Gasteiger partial charge is 0.331 e. The molecule has 0 fully saturated rings. The molecule has 29 heavy (non-hydrogen) atoms. The van der Waals surface area contributed by atoms with Gasteiger partial charge in [0.25, 0.3) is 5.91 Å². The van der Waals surface area contributed by atoms with E-state index in [1.165, 1.54) is 26.4 Å². The molecule has 0 saturated heterocycles. The Kier molecular flexibility index (Phi) is 8.09. The zero-order valence-corrected chi connectivity index (χ0v) is 17.6. The van der Waals surface area contributed by atoms with E-state index in [1.807, 2.05) is 44.2 Å². The predicted octanol–water partition coefficient (Wildman–Crippen LogP) is 4.36. The maximum Gasteiger partial charge on any atom is 0.331 e. The summed E-state index contributed by atoms with van der Waals surface area (Å²) < 4.78 is 15.5. The number of nitrogens with zero attached hydrogens (tertiary/aromatic N) is 1. The Morgan fingerprint density at radius 1 is 1.10 bits per heavy atom. The van der Waals surface area contributed by atoms with Crippen molar-refractivity contribution in [2.45, 2.75) is 19.9 Å². The van der Waals surface area contributed by atoms with E-state index in [0.29, 0.717) is 22.1 Å². The van der Waals surface area contributed by atoms with Gasteiger partial charge in [-0.15, -0.1) is 0 Å². The Labute approximate surface area is 175 Å². The first-order valence-electron chi connectivity index (χ1n) is 9.00. The molecular weight excluding hydrogens is 394 g/mol. The fourth-order valence-corrected chi connectivity index (χ4v) is 3.06. The van der Waals surface area contributed by atoms with Gasteiger partial charge in [0.05, 0.1) is 19.2 Å². The van der Waals surface area contributed by atoms with Crippen LogP contribution in [0.25, 0.3) is 6.08 Å². The lowest BCUT2D eigenvalue weighted by Gasteiger charge is -2.26. The maximum absolute atomic E-state index is 12.5. The highest BCUT2D eigenvalue weighted by Gasteiger charge is 2.20. The number of carbonyl (C=O) groups is 2. The minimum atomic E-state index is -0.638. The molecule has 2 rings (SSSR count). The molecule has 0 bridgehead atoms. The third-order valence-electron chi connectivity index (χ3n) is 4.03. The van der Waals surface area contributed by atoms with Crippen molar-refractivity contribution in [1.29, 1.82) is 0 Å². The molecule has 0 aliphatic carbocycles. The second-order valence-electron chi connectivity index (χ2n) is 6.37. The van der Waals surface area contributed by atoms with E-state index in [9.17, 15) is 9.59 Å². The minimum absolute atomic E-state index is 0.0759. The highest BCUT2D eigenvalue weighted by Crippen LogP contribution is 2.36. The van der Waals surface area contributed by atoms with Gasteiger partial charge in [-0.2, -0.15) is 0 Å². The summed E-state index contributed by atoms with van der Waals surface area (Å²) >= 11 is 6.15. The van der Waals surface area contributed by atoms with Crippen LogP contribution < -0.4 is 14.4 Å². The normalized spacial score (nSPS) is 10.8. The molecule has 6 nitrogen and oxygen atoms in total. The van der Waals surface area contributed by atoms with E-state index in [1.54, 1.807) is 17.0 Å². The second-order valence-corrected chi connectivity index (χ2v) is 6.78. The lowest BCUT2D eigenvalue weighted by atomic mass is 10.2. The van der Waals surface area contributed by atoms with Gasteiger partial charge in [0.1, 0.15) is 0 Å². The first-order valence-corrected chi connectivity index (χ1v) is 9.38. The van der Waals surface area contributed by atoms with Crippen LogP contribution >= 0.6 is 11.6 Å². The number of carbonyl (C=O) groups excluding carboxylic acids is 2. The molecule has 154 valence electrons. The van der Waals surface area contributed by atoms with Crippen molar-refractivity contribution in [2.24, 2.45) is 0 Å². The van der Waals surface area contributed by atoms with Crippen LogP contribution in [-0.4, -0.2) is 38.7 Å². The van der Waals surface area contributed by atoms with Crippen LogP contribution in [0.4, 0.5) is 5.69 Å². The Balaban J connectivity index is 2.02. The van der Waals surface area contributed by atoms with Crippen molar-refractivity contribution in [3.63, 3.8) is 0 Å². The van der Waals surface area contributed by atoms with Gasteiger partial charge in [-0.25, -0.2) is 4.79 Å². The summed E-state index contributed by atoms with van der Waals surface area (Å²) in [5, 5.41) is 0.352. The Morgan fingerprint density at radius 2 is 1.79 bits per heavy atom. The highest BCUT2D eigenvalue weighted by atomic mass is 35.5. The number of halogens is 1. The summed E-state index contributed by atoms with van der Waals surface area (Å²) in [4.78, 5) is 26.2. The molecule has 0 atom stereocenters. The topological polar surface area (TPSA) is 65.1 Å². The molecule has 2 aromatic rings. The fourth-order valence-electron chi connectivity index (χ4n) is 2.77. The van der Waals surface area contributed by atoms with E-state index >= 15 is 0 Å². The van der Waals surface area contributed by atoms with Crippen LogP contribution in [0, 0.1) is 0 Å². The zero-order chi connectivity index (χ0) is 21.4. The van der Waals surface area contributed by atoms with Gasteiger partial charge in [-0.1, -0.05) is 29.8 Å². The van der Waals surface area contributed by atoms with Crippen molar-refractivity contribution < 1.29 is 23.8 Å². The van der Waals surface area contributed by atoms with Crippen molar-refractivity contribution in [3.8, 4) is 11.5 Å². The number of benzene rings is 2. The van der Waals surface area contributed by atoms with Crippen LogP contribution in [0.3, 0.4) is 0 Å². The molecular formula is C22H24ClNO5. The van der Waals surface area contributed by atoms with Gasteiger partial charge < -0.3 is 19.1 Å². The van der Waals surface area contributed by atoms with Crippen molar-refractivity contribution >= 4 is 35.2 Å². The number of anilines is 1. The predicted molar refractivity (Wildman–Crippen MR) is 114 cm³/mol.